The fourth-order valence-electron chi connectivity index (χ4n) is 7.81. The monoisotopic (exact) mass is 842 g/mol. The molecule has 0 amide bonds. The van der Waals surface area contributed by atoms with Crippen molar-refractivity contribution in [2.24, 2.45) is 0 Å². The van der Waals surface area contributed by atoms with E-state index in [0.717, 1.165) is 12.8 Å². The summed E-state index contributed by atoms with van der Waals surface area (Å²) in [6.45, 7) is 27.0. The summed E-state index contributed by atoms with van der Waals surface area (Å²) in [5.74, 6) is 0. The fourth-order valence-corrected chi connectivity index (χ4v) is 8.63. The van der Waals surface area contributed by atoms with Gasteiger partial charge < -0.3 is 24.8 Å². The van der Waals surface area contributed by atoms with E-state index in [-0.39, 0.29) is 35.6 Å². The van der Waals surface area contributed by atoms with Crippen molar-refractivity contribution in [2.45, 2.75) is 112 Å². The number of aryl methyl sites for hydroxylation is 3. The summed E-state index contributed by atoms with van der Waals surface area (Å²) in [7, 11) is 0. The van der Waals surface area contributed by atoms with Crippen LogP contribution in [-0.2, 0) is 46.9 Å². The number of fused-ring (bicyclic) bond motifs is 5. The molecule has 0 radical (unpaired) electrons. The van der Waals surface area contributed by atoms with Gasteiger partial charge in [-0.1, -0.05) is 96.1 Å². The van der Waals surface area contributed by atoms with Crippen LogP contribution in [-0.4, -0.2) is 3.21 Å². The van der Waals surface area contributed by atoms with Gasteiger partial charge >= 0.3 is 112 Å². The maximum absolute atomic E-state index is 2.51. The van der Waals surface area contributed by atoms with Crippen molar-refractivity contribution in [3.63, 3.8) is 0 Å². The predicted molar refractivity (Wildman–Crippen MR) is 228 cm³/mol. The first-order valence-corrected chi connectivity index (χ1v) is 20.6. The molecule has 8 rings (SSSR count). The van der Waals surface area contributed by atoms with Crippen molar-refractivity contribution in [3.05, 3.63) is 176 Å². The molecular formula is C52H58Cl2Zr-2. The SMILES string of the molecule is CC1=C[CH-]C(C)(C)c2cc3c(cc21)-c1cc2c(cc1C3)C(C)(C)CC=C2C.Cc1cc(C(C)(C)C)c[cH-]1.Cc1ccc([C](=[Zr+2])c2ccc(C)cc2)cc1.[Cl-].[Cl-]. The first kappa shape index (κ1) is 44.6. The number of rotatable bonds is 2. The van der Waals surface area contributed by atoms with Gasteiger partial charge in [0.2, 0.25) is 0 Å². The Balaban J connectivity index is 0.000000205. The van der Waals surface area contributed by atoms with Gasteiger partial charge in [0.25, 0.3) is 0 Å². The van der Waals surface area contributed by atoms with E-state index in [0.29, 0.717) is 5.41 Å². The van der Waals surface area contributed by atoms with Crippen molar-refractivity contribution >= 4 is 14.4 Å². The molecule has 0 bridgehead atoms. The molecule has 0 heterocycles. The number of benzene rings is 4. The molecule has 0 unspecified atom stereocenters. The topological polar surface area (TPSA) is 0 Å². The molecule has 3 heteroatoms. The van der Waals surface area contributed by atoms with Crippen LogP contribution in [0.3, 0.4) is 0 Å². The molecule has 0 saturated heterocycles. The van der Waals surface area contributed by atoms with E-state index in [2.05, 4.69) is 193 Å². The second kappa shape index (κ2) is 17.2. The standard InChI is InChI=1S/C27H29.C15H14.C10H15.2ClH.Zr/c1-16-7-9-26(3,4)24-12-18-11-19-13-25-21(17(2)8-10-27(25,5)6)15-23(19)22(18)14-20(16)24;1-12-3-7-14(8-4-12)11-15-9-5-13(2)6-10-15;1-8-5-6-9(7-8)10(2,3)4;;;/h7-9,12-15H,10-11H2,1-6H3;3-10H,1-2H3;5-7H,1-4H3;2*1H;/q-1;;-1;;;+2/p-2. The molecule has 55 heavy (non-hydrogen) atoms. The Morgan fingerprint density at radius 2 is 1.13 bits per heavy atom. The summed E-state index contributed by atoms with van der Waals surface area (Å²) in [6.07, 6.45) is 9.28. The van der Waals surface area contributed by atoms with Gasteiger partial charge in [0.05, 0.1) is 0 Å². The molecule has 0 atom stereocenters. The van der Waals surface area contributed by atoms with E-state index in [1.807, 2.05) is 0 Å². The molecule has 0 spiro atoms. The molecule has 0 saturated carbocycles. The summed E-state index contributed by atoms with van der Waals surface area (Å²) in [5, 5.41) is 0. The van der Waals surface area contributed by atoms with Crippen molar-refractivity contribution in [1.82, 2.24) is 0 Å². The average Bonchev–Trinajstić information content (AvgIpc) is 3.71. The van der Waals surface area contributed by atoms with Crippen LogP contribution in [0.25, 0.3) is 22.3 Å². The van der Waals surface area contributed by atoms with Crippen molar-refractivity contribution in [1.29, 1.82) is 0 Å². The quantitative estimate of drug-likeness (QED) is 0.157. The zero-order valence-electron chi connectivity index (χ0n) is 35.1. The van der Waals surface area contributed by atoms with Crippen molar-refractivity contribution in [2.75, 3.05) is 0 Å². The molecule has 5 aromatic rings. The number of halogens is 2. The minimum absolute atomic E-state index is 0. The van der Waals surface area contributed by atoms with Gasteiger partial charge in [0.15, 0.2) is 0 Å². The number of allylic oxidation sites excluding steroid dienone is 4. The Morgan fingerprint density at radius 1 is 0.636 bits per heavy atom. The smallest absolute Gasteiger partial charge is 1.00 e. The molecule has 0 aliphatic heterocycles. The van der Waals surface area contributed by atoms with Crippen LogP contribution in [0, 0.1) is 27.2 Å². The van der Waals surface area contributed by atoms with Gasteiger partial charge in [0.1, 0.15) is 0 Å². The van der Waals surface area contributed by atoms with Gasteiger partial charge in [-0.3, -0.25) is 0 Å². The first-order chi connectivity index (χ1) is 24.8. The van der Waals surface area contributed by atoms with Crippen LogP contribution in [0.5, 0.6) is 0 Å². The van der Waals surface area contributed by atoms with Gasteiger partial charge in [-0.2, -0.15) is 28.8 Å². The fraction of sp³-hybridized carbons (Fsp3) is 0.327. The van der Waals surface area contributed by atoms with Crippen LogP contribution in [0.15, 0.2) is 103 Å². The summed E-state index contributed by atoms with van der Waals surface area (Å²) in [6, 6.07) is 34.1. The Hall–Kier alpha value is -3.09. The number of hydrogen-bond acceptors (Lipinski definition) is 0. The molecule has 5 aromatic carbocycles. The third-order valence-electron chi connectivity index (χ3n) is 11.6. The number of hydrogen-bond donors (Lipinski definition) is 0. The predicted octanol–water partition coefficient (Wildman–Crippen LogP) is 7.68. The largest absolute Gasteiger partial charge is 1.00 e. The van der Waals surface area contributed by atoms with Gasteiger partial charge in [-0.25, -0.2) is 18.6 Å². The van der Waals surface area contributed by atoms with E-state index in [1.165, 1.54) is 116 Å². The molecule has 286 valence electrons. The van der Waals surface area contributed by atoms with Crippen LogP contribution >= 0.6 is 0 Å². The average molecular weight is 845 g/mol. The molecule has 0 N–H and O–H groups in total. The van der Waals surface area contributed by atoms with E-state index in [1.54, 1.807) is 0 Å². The maximum Gasteiger partial charge on any atom is -1.00 e. The zero-order valence-corrected chi connectivity index (χ0v) is 39.0. The molecule has 3 aliphatic rings. The second-order valence-corrected chi connectivity index (χ2v) is 19.3. The minimum Gasteiger partial charge on any atom is -1.00 e. The Labute approximate surface area is 360 Å². The van der Waals surface area contributed by atoms with Crippen molar-refractivity contribution in [3.8, 4) is 11.1 Å². The maximum atomic E-state index is 2.51. The normalized spacial score (nSPS) is 15.2. The molecular weight excluding hydrogens is 787 g/mol. The molecule has 3 aliphatic carbocycles. The van der Waals surface area contributed by atoms with Gasteiger partial charge in [-0.15, -0.1) is 12.5 Å². The summed E-state index contributed by atoms with van der Waals surface area (Å²) >= 11 is 1.46. The molecule has 0 nitrogen and oxygen atoms in total. The van der Waals surface area contributed by atoms with Crippen molar-refractivity contribution < 1.29 is 49.0 Å². The van der Waals surface area contributed by atoms with E-state index in [9.17, 15) is 0 Å². The van der Waals surface area contributed by atoms with Gasteiger partial charge in [0, 0.05) is 0 Å². The van der Waals surface area contributed by atoms with E-state index < -0.39 is 0 Å². The van der Waals surface area contributed by atoms with Crippen LogP contribution in [0.2, 0.25) is 0 Å². The third-order valence-corrected chi connectivity index (χ3v) is 13.0. The van der Waals surface area contributed by atoms with Gasteiger partial charge in [-0.05, 0) is 70.2 Å². The van der Waals surface area contributed by atoms with E-state index in [4.69, 9.17) is 0 Å². The summed E-state index contributed by atoms with van der Waals surface area (Å²) in [4.78, 5) is 0. The molecule has 0 fully saturated rings. The van der Waals surface area contributed by atoms with Crippen LogP contribution in [0.4, 0.5) is 0 Å². The van der Waals surface area contributed by atoms with E-state index >= 15 is 0 Å². The minimum atomic E-state index is 0. The summed E-state index contributed by atoms with van der Waals surface area (Å²) < 4.78 is 1.42. The second-order valence-electron chi connectivity index (χ2n) is 18.0. The Kier molecular flexibility index (Phi) is 13.9. The zero-order chi connectivity index (χ0) is 38.5. The Bertz CT molecular complexity index is 2100. The first-order valence-electron chi connectivity index (χ1n) is 19.4. The summed E-state index contributed by atoms with van der Waals surface area (Å²) in [5.41, 5.74) is 23.4. The third kappa shape index (κ3) is 9.73. The Morgan fingerprint density at radius 3 is 1.58 bits per heavy atom. The molecule has 0 aromatic heterocycles. The van der Waals surface area contributed by atoms with Crippen LogP contribution < -0.4 is 24.8 Å². The van der Waals surface area contributed by atoms with Crippen LogP contribution in [0.1, 0.15) is 135 Å².